The van der Waals surface area contributed by atoms with E-state index in [-0.39, 0.29) is 5.41 Å². The average molecular weight is 442 g/mol. The van der Waals surface area contributed by atoms with Crippen molar-refractivity contribution in [3.8, 4) is 17.2 Å². The minimum absolute atomic E-state index is 0.0524. The molecule has 4 rings (SSSR count). The van der Waals surface area contributed by atoms with Gasteiger partial charge in [0.25, 0.3) is 0 Å². The third kappa shape index (κ3) is 5.90. The molecule has 2 saturated carbocycles. The molecule has 0 unspecified atom stereocenters. The Bertz CT molecular complexity index is 885. The van der Waals surface area contributed by atoms with E-state index in [4.69, 9.17) is 0 Å². The number of unbranched alkanes of at least 4 members (excludes halogenated alkanes) is 2. The first-order valence-electron chi connectivity index (χ1n) is 13.8. The maximum atomic E-state index is 9.84. The quantitative estimate of drug-likeness (QED) is 0.374. The minimum atomic E-state index is -0.0524. The van der Waals surface area contributed by atoms with Gasteiger partial charge in [-0.3, -0.25) is 0 Å². The second-order valence-electron chi connectivity index (χ2n) is 11.0. The van der Waals surface area contributed by atoms with Gasteiger partial charge in [0.1, 0.15) is 0 Å². The van der Waals surface area contributed by atoms with Crippen LogP contribution in [0.25, 0.3) is 11.1 Å². The van der Waals surface area contributed by atoms with Crippen molar-refractivity contribution in [1.82, 2.24) is 0 Å². The molecule has 0 saturated heterocycles. The monoisotopic (exact) mass is 441 g/mol. The highest BCUT2D eigenvalue weighted by Crippen LogP contribution is 2.46. The summed E-state index contributed by atoms with van der Waals surface area (Å²) in [6.45, 7) is 4.58. The lowest BCUT2D eigenvalue weighted by Gasteiger charge is -2.35. The molecule has 2 aromatic carbocycles. The number of nitrogens with zero attached hydrogens (tertiary/aromatic N) is 1. The summed E-state index contributed by atoms with van der Waals surface area (Å²) in [4.78, 5) is 0. The molecule has 2 fully saturated rings. The van der Waals surface area contributed by atoms with Crippen molar-refractivity contribution in [2.24, 2.45) is 11.3 Å². The van der Waals surface area contributed by atoms with Crippen LogP contribution in [0.15, 0.2) is 48.5 Å². The van der Waals surface area contributed by atoms with Crippen LogP contribution in [0.1, 0.15) is 120 Å². The van der Waals surface area contributed by atoms with Crippen LogP contribution >= 0.6 is 0 Å². The van der Waals surface area contributed by atoms with E-state index < -0.39 is 0 Å². The summed E-state index contributed by atoms with van der Waals surface area (Å²) in [6.07, 6.45) is 16.1. The van der Waals surface area contributed by atoms with E-state index in [9.17, 15) is 5.26 Å². The molecule has 0 amide bonds. The Labute approximate surface area is 202 Å². The van der Waals surface area contributed by atoms with E-state index in [1.165, 1.54) is 73.6 Å². The molecule has 0 aromatic heterocycles. The lowest BCUT2D eigenvalue weighted by atomic mass is 9.67. The third-order valence-electron chi connectivity index (χ3n) is 8.96. The molecule has 0 atom stereocenters. The molecule has 33 heavy (non-hydrogen) atoms. The number of nitriles is 1. The molecule has 0 N–H and O–H groups in total. The van der Waals surface area contributed by atoms with E-state index in [2.05, 4.69) is 68.4 Å². The van der Waals surface area contributed by atoms with Gasteiger partial charge in [-0.05, 0) is 97.8 Å². The molecule has 1 nitrogen and oxygen atoms in total. The zero-order valence-corrected chi connectivity index (χ0v) is 21.0. The second kappa shape index (κ2) is 11.4. The standard InChI is InChI=1S/C32H43N/c1-3-5-6-21-32(24-33)22-19-31(20-23-32)30-17-15-29(16-18-30)28-13-11-27(12-14-28)26-9-7-25(4-2)8-10-26/h11-18,25-26,31H,3-10,19-23H2,1-2H3. The Hall–Kier alpha value is -2.07. The normalized spacial score (nSPS) is 27.7. The van der Waals surface area contributed by atoms with E-state index in [0.717, 1.165) is 43.9 Å². The number of benzene rings is 2. The molecule has 2 aliphatic carbocycles. The molecular weight excluding hydrogens is 398 g/mol. The van der Waals surface area contributed by atoms with Crippen LogP contribution in [-0.2, 0) is 0 Å². The van der Waals surface area contributed by atoms with Crippen molar-refractivity contribution < 1.29 is 0 Å². The van der Waals surface area contributed by atoms with Crippen molar-refractivity contribution >= 4 is 0 Å². The fourth-order valence-electron chi connectivity index (χ4n) is 6.43. The molecule has 2 aliphatic rings. The second-order valence-corrected chi connectivity index (χ2v) is 11.0. The fraction of sp³-hybridized carbons (Fsp3) is 0.594. The topological polar surface area (TPSA) is 23.8 Å². The van der Waals surface area contributed by atoms with Gasteiger partial charge >= 0.3 is 0 Å². The molecule has 2 aromatic rings. The molecule has 0 spiro atoms. The zero-order valence-electron chi connectivity index (χ0n) is 21.0. The van der Waals surface area contributed by atoms with Crippen LogP contribution in [0.4, 0.5) is 0 Å². The summed E-state index contributed by atoms with van der Waals surface area (Å²) in [7, 11) is 0. The molecular formula is C32H43N. The van der Waals surface area contributed by atoms with Crippen LogP contribution in [0.2, 0.25) is 0 Å². The lowest BCUT2D eigenvalue weighted by Crippen LogP contribution is -2.25. The van der Waals surface area contributed by atoms with Gasteiger partial charge in [-0.2, -0.15) is 5.26 Å². The van der Waals surface area contributed by atoms with Gasteiger partial charge in [0.05, 0.1) is 11.5 Å². The highest BCUT2D eigenvalue weighted by molar-refractivity contribution is 5.64. The van der Waals surface area contributed by atoms with Gasteiger partial charge in [-0.25, -0.2) is 0 Å². The molecule has 0 heterocycles. The van der Waals surface area contributed by atoms with Gasteiger partial charge < -0.3 is 0 Å². The van der Waals surface area contributed by atoms with Crippen LogP contribution in [0.3, 0.4) is 0 Å². The van der Waals surface area contributed by atoms with Gasteiger partial charge in [0.15, 0.2) is 0 Å². The van der Waals surface area contributed by atoms with Gasteiger partial charge in [-0.1, -0.05) is 88.1 Å². The Balaban J connectivity index is 1.34. The third-order valence-corrected chi connectivity index (χ3v) is 8.96. The van der Waals surface area contributed by atoms with Gasteiger partial charge in [0, 0.05) is 0 Å². The average Bonchev–Trinajstić information content (AvgIpc) is 2.89. The lowest BCUT2D eigenvalue weighted by molar-refractivity contribution is 0.223. The van der Waals surface area contributed by atoms with Crippen LogP contribution < -0.4 is 0 Å². The molecule has 0 radical (unpaired) electrons. The Morgan fingerprint density at radius 1 is 0.727 bits per heavy atom. The maximum Gasteiger partial charge on any atom is 0.0689 e. The highest BCUT2D eigenvalue weighted by Gasteiger charge is 2.35. The predicted octanol–water partition coefficient (Wildman–Crippen LogP) is 9.79. The number of hydrogen-bond donors (Lipinski definition) is 0. The summed E-state index contributed by atoms with van der Waals surface area (Å²) >= 11 is 0. The van der Waals surface area contributed by atoms with Crippen molar-refractivity contribution in [1.29, 1.82) is 5.26 Å². The summed E-state index contributed by atoms with van der Waals surface area (Å²) in [5, 5.41) is 9.84. The Kier molecular flexibility index (Phi) is 8.29. The Morgan fingerprint density at radius 2 is 1.24 bits per heavy atom. The van der Waals surface area contributed by atoms with Crippen molar-refractivity contribution in [3.05, 3.63) is 59.7 Å². The highest BCUT2D eigenvalue weighted by atomic mass is 14.4. The van der Waals surface area contributed by atoms with E-state index in [1.807, 2.05) is 0 Å². The number of rotatable bonds is 8. The number of hydrogen-bond acceptors (Lipinski definition) is 1. The first kappa shape index (κ1) is 24.1. The van der Waals surface area contributed by atoms with Gasteiger partial charge in [-0.15, -0.1) is 0 Å². The first-order chi connectivity index (χ1) is 16.2. The summed E-state index contributed by atoms with van der Waals surface area (Å²) < 4.78 is 0. The van der Waals surface area contributed by atoms with Crippen molar-refractivity contribution in [2.45, 2.75) is 109 Å². The fourth-order valence-corrected chi connectivity index (χ4v) is 6.43. The molecule has 0 bridgehead atoms. The maximum absolute atomic E-state index is 9.84. The smallest absolute Gasteiger partial charge is 0.0689 e. The first-order valence-corrected chi connectivity index (χ1v) is 13.8. The van der Waals surface area contributed by atoms with Crippen LogP contribution in [0, 0.1) is 22.7 Å². The summed E-state index contributed by atoms with van der Waals surface area (Å²) in [6, 6.07) is 21.4. The van der Waals surface area contributed by atoms with Crippen molar-refractivity contribution in [3.63, 3.8) is 0 Å². The van der Waals surface area contributed by atoms with E-state index in [0.29, 0.717) is 5.92 Å². The molecule has 176 valence electrons. The summed E-state index contributed by atoms with van der Waals surface area (Å²) in [5.41, 5.74) is 5.59. The zero-order chi connectivity index (χ0) is 23.1. The van der Waals surface area contributed by atoms with E-state index >= 15 is 0 Å². The van der Waals surface area contributed by atoms with Gasteiger partial charge in [0.2, 0.25) is 0 Å². The SMILES string of the molecule is CCCCCC1(C#N)CCC(c2ccc(-c3ccc(C4CCC(CC)CC4)cc3)cc2)CC1. The molecule has 1 heteroatoms. The van der Waals surface area contributed by atoms with Crippen molar-refractivity contribution in [2.75, 3.05) is 0 Å². The predicted molar refractivity (Wildman–Crippen MR) is 140 cm³/mol. The van der Waals surface area contributed by atoms with E-state index in [1.54, 1.807) is 0 Å². The van der Waals surface area contributed by atoms with Crippen LogP contribution in [-0.4, -0.2) is 0 Å². The molecule has 0 aliphatic heterocycles. The summed E-state index contributed by atoms with van der Waals surface area (Å²) in [5.74, 6) is 2.34. The largest absolute Gasteiger partial charge is 0.198 e. The van der Waals surface area contributed by atoms with Crippen LogP contribution in [0.5, 0.6) is 0 Å². The Morgan fingerprint density at radius 3 is 1.70 bits per heavy atom. The minimum Gasteiger partial charge on any atom is -0.198 e.